The van der Waals surface area contributed by atoms with Gasteiger partial charge in [-0.15, -0.1) is 0 Å². The second-order valence-corrected chi connectivity index (χ2v) is 8.70. The molecule has 1 aliphatic heterocycles. The number of benzene rings is 2. The number of piperidine rings is 1. The summed E-state index contributed by atoms with van der Waals surface area (Å²) in [4.78, 5) is 26.7. The minimum Gasteiger partial charge on any atom is -0.493 e. The van der Waals surface area contributed by atoms with Gasteiger partial charge in [-0.25, -0.2) is 0 Å². The number of carbonyl (C=O) groups is 2. The van der Waals surface area contributed by atoms with Gasteiger partial charge in [-0.1, -0.05) is 24.3 Å². The van der Waals surface area contributed by atoms with Crippen molar-refractivity contribution in [3.8, 4) is 11.5 Å². The Morgan fingerprint density at radius 2 is 1.66 bits per heavy atom. The van der Waals surface area contributed by atoms with Crippen molar-refractivity contribution in [2.45, 2.75) is 32.1 Å². The minimum atomic E-state index is -0.105. The third-order valence-electron chi connectivity index (χ3n) is 6.31. The summed E-state index contributed by atoms with van der Waals surface area (Å²) in [6.45, 7) is 2.55. The first-order valence-corrected chi connectivity index (χ1v) is 11.6. The van der Waals surface area contributed by atoms with E-state index in [0.717, 1.165) is 45.2 Å². The number of nitrogens with one attached hydrogen (secondary N) is 1. The van der Waals surface area contributed by atoms with E-state index in [1.807, 2.05) is 48.5 Å². The van der Waals surface area contributed by atoms with E-state index in [2.05, 4.69) is 10.2 Å². The van der Waals surface area contributed by atoms with E-state index >= 15 is 0 Å². The van der Waals surface area contributed by atoms with Gasteiger partial charge in [0.1, 0.15) is 6.61 Å². The predicted octanol–water partition coefficient (Wildman–Crippen LogP) is 3.70. The van der Waals surface area contributed by atoms with Gasteiger partial charge in [-0.05, 0) is 67.9 Å². The second-order valence-electron chi connectivity index (χ2n) is 8.70. The maximum atomic E-state index is 12.4. The van der Waals surface area contributed by atoms with E-state index in [0.29, 0.717) is 48.0 Å². The molecule has 0 bridgehead atoms. The van der Waals surface area contributed by atoms with Crippen molar-refractivity contribution in [1.29, 1.82) is 0 Å². The fourth-order valence-corrected chi connectivity index (χ4v) is 4.24. The van der Waals surface area contributed by atoms with Crippen molar-refractivity contribution in [2.24, 2.45) is 11.8 Å². The highest BCUT2D eigenvalue weighted by atomic mass is 16.5. The summed E-state index contributed by atoms with van der Waals surface area (Å²) in [7, 11) is 1.60. The average molecular weight is 437 g/mol. The molecule has 2 aromatic rings. The SMILES string of the molecule is COc1ccccc1OCCNC(=O)c1ccc(CC2CCN(C(=O)C3CC3)CC2)cc1. The van der Waals surface area contributed by atoms with Crippen LogP contribution in [0.3, 0.4) is 0 Å². The molecule has 1 heterocycles. The highest BCUT2D eigenvalue weighted by Crippen LogP contribution is 2.33. The molecular formula is C26H32N2O4. The summed E-state index contributed by atoms with van der Waals surface area (Å²) in [6.07, 6.45) is 5.28. The predicted molar refractivity (Wildman–Crippen MR) is 123 cm³/mol. The average Bonchev–Trinajstić information content (AvgIpc) is 3.68. The van der Waals surface area contributed by atoms with E-state index in [1.165, 1.54) is 5.56 Å². The van der Waals surface area contributed by atoms with E-state index in [1.54, 1.807) is 7.11 Å². The number of hydrogen-bond donors (Lipinski definition) is 1. The van der Waals surface area contributed by atoms with Crippen LogP contribution in [-0.4, -0.2) is 50.1 Å². The van der Waals surface area contributed by atoms with E-state index in [-0.39, 0.29) is 5.91 Å². The Balaban J connectivity index is 1.18. The first-order valence-electron chi connectivity index (χ1n) is 11.6. The molecular weight excluding hydrogens is 404 g/mol. The van der Waals surface area contributed by atoms with Gasteiger partial charge in [0.15, 0.2) is 11.5 Å². The van der Waals surface area contributed by atoms with Gasteiger partial charge in [0.2, 0.25) is 5.91 Å². The standard InChI is InChI=1S/C26H32N2O4/c1-31-23-4-2-3-5-24(23)32-17-14-27-25(29)21-8-6-19(7-9-21)18-20-12-15-28(16-13-20)26(30)22-10-11-22/h2-9,20,22H,10-18H2,1H3,(H,27,29). The smallest absolute Gasteiger partial charge is 0.251 e. The molecule has 170 valence electrons. The van der Waals surface area contributed by atoms with Gasteiger partial charge >= 0.3 is 0 Å². The molecule has 0 spiro atoms. The number of likely N-dealkylation sites (tertiary alicyclic amines) is 1. The number of hydrogen-bond acceptors (Lipinski definition) is 4. The molecule has 6 nitrogen and oxygen atoms in total. The van der Waals surface area contributed by atoms with E-state index < -0.39 is 0 Å². The number of carbonyl (C=O) groups excluding carboxylic acids is 2. The minimum absolute atomic E-state index is 0.105. The Labute approximate surface area is 189 Å². The Bertz CT molecular complexity index is 916. The van der Waals surface area contributed by atoms with Gasteiger partial charge in [0.25, 0.3) is 5.91 Å². The Morgan fingerprint density at radius 3 is 2.31 bits per heavy atom. The zero-order chi connectivity index (χ0) is 22.3. The second kappa shape index (κ2) is 10.5. The lowest BCUT2D eigenvalue weighted by Gasteiger charge is -2.32. The molecule has 2 aliphatic rings. The third-order valence-corrected chi connectivity index (χ3v) is 6.31. The first kappa shape index (κ1) is 22.2. The lowest BCUT2D eigenvalue weighted by Crippen LogP contribution is -2.39. The summed E-state index contributed by atoms with van der Waals surface area (Å²) in [5, 5.41) is 2.89. The Morgan fingerprint density at radius 1 is 0.969 bits per heavy atom. The van der Waals surface area contributed by atoms with Gasteiger partial charge < -0.3 is 19.7 Å². The van der Waals surface area contributed by atoms with Crippen molar-refractivity contribution in [3.63, 3.8) is 0 Å². The van der Waals surface area contributed by atoms with Crippen molar-refractivity contribution < 1.29 is 19.1 Å². The highest BCUT2D eigenvalue weighted by Gasteiger charge is 2.34. The van der Waals surface area contributed by atoms with Crippen LogP contribution in [0.4, 0.5) is 0 Å². The summed E-state index contributed by atoms with van der Waals surface area (Å²) in [5.41, 5.74) is 1.89. The topological polar surface area (TPSA) is 67.9 Å². The molecule has 4 rings (SSSR count). The maximum Gasteiger partial charge on any atom is 0.251 e. The van der Waals surface area contributed by atoms with Crippen molar-refractivity contribution in [2.75, 3.05) is 33.4 Å². The van der Waals surface area contributed by atoms with E-state index in [4.69, 9.17) is 9.47 Å². The monoisotopic (exact) mass is 436 g/mol. The highest BCUT2D eigenvalue weighted by molar-refractivity contribution is 5.94. The molecule has 32 heavy (non-hydrogen) atoms. The van der Waals surface area contributed by atoms with Gasteiger partial charge in [0.05, 0.1) is 13.7 Å². The number of nitrogens with zero attached hydrogens (tertiary/aromatic N) is 1. The summed E-state index contributed by atoms with van der Waals surface area (Å²) in [5.74, 6) is 2.52. The van der Waals surface area contributed by atoms with Gasteiger partial charge in [-0.2, -0.15) is 0 Å². The summed E-state index contributed by atoms with van der Waals surface area (Å²) >= 11 is 0. The summed E-state index contributed by atoms with van der Waals surface area (Å²) in [6, 6.07) is 15.3. The quantitative estimate of drug-likeness (QED) is 0.609. The fraction of sp³-hybridized carbons (Fsp3) is 0.462. The molecule has 1 saturated carbocycles. The fourth-order valence-electron chi connectivity index (χ4n) is 4.24. The number of para-hydroxylation sites is 2. The van der Waals surface area contributed by atoms with Crippen LogP contribution in [0.25, 0.3) is 0 Å². The van der Waals surface area contributed by atoms with Crippen molar-refractivity contribution >= 4 is 11.8 Å². The number of methoxy groups -OCH3 is 1. The van der Waals surface area contributed by atoms with Crippen LogP contribution in [0.1, 0.15) is 41.6 Å². The molecule has 0 aromatic heterocycles. The van der Waals surface area contributed by atoms with Crippen LogP contribution in [-0.2, 0) is 11.2 Å². The van der Waals surface area contributed by atoms with E-state index in [9.17, 15) is 9.59 Å². The molecule has 2 aromatic carbocycles. The molecule has 0 radical (unpaired) electrons. The number of ether oxygens (including phenoxy) is 2. The van der Waals surface area contributed by atoms with Crippen molar-refractivity contribution in [1.82, 2.24) is 10.2 Å². The van der Waals surface area contributed by atoms with Crippen LogP contribution in [0, 0.1) is 11.8 Å². The molecule has 1 saturated heterocycles. The van der Waals surface area contributed by atoms with Crippen LogP contribution < -0.4 is 14.8 Å². The molecule has 1 aliphatic carbocycles. The van der Waals surface area contributed by atoms with Gasteiger partial charge in [0, 0.05) is 24.6 Å². The Kier molecular flexibility index (Phi) is 7.30. The summed E-state index contributed by atoms with van der Waals surface area (Å²) < 4.78 is 10.9. The molecule has 6 heteroatoms. The number of rotatable bonds is 9. The maximum absolute atomic E-state index is 12.4. The molecule has 0 atom stereocenters. The van der Waals surface area contributed by atoms with Crippen LogP contribution in [0.2, 0.25) is 0 Å². The molecule has 2 fully saturated rings. The van der Waals surface area contributed by atoms with Gasteiger partial charge in [-0.3, -0.25) is 9.59 Å². The van der Waals surface area contributed by atoms with Crippen molar-refractivity contribution in [3.05, 3.63) is 59.7 Å². The molecule has 2 amide bonds. The van der Waals surface area contributed by atoms with Crippen LogP contribution in [0.15, 0.2) is 48.5 Å². The normalized spacial score (nSPS) is 16.5. The zero-order valence-corrected chi connectivity index (χ0v) is 18.7. The Hall–Kier alpha value is -3.02. The van der Waals surface area contributed by atoms with Crippen LogP contribution in [0.5, 0.6) is 11.5 Å². The van der Waals surface area contributed by atoms with Crippen LogP contribution >= 0.6 is 0 Å². The third kappa shape index (κ3) is 5.81. The lowest BCUT2D eigenvalue weighted by molar-refractivity contribution is -0.133. The zero-order valence-electron chi connectivity index (χ0n) is 18.7. The molecule has 1 N–H and O–H groups in total. The molecule has 0 unspecified atom stereocenters. The largest absolute Gasteiger partial charge is 0.493 e. The number of amides is 2. The lowest BCUT2D eigenvalue weighted by atomic mass is 9.89. The first-order chi connectivity index (χ1) is 15.6.